The number of rotatable bonds is 10. The fourth-order valence-corrected chi connectivity index (χ4v) is 5.51. The van der Waals surface area contributed by atoms with Crippen LogP contribution in [0.2, 0.25) is 0 Å². The van der Waals surface area contributed by atoms with Crippen molar-refractivity contribution in [1.29, 1.82) is 0 Å². The van der Waals surface area contributed by atoms with Crippen LogP contribution in [0.15, 0.2) is 59.6 Å². The van der Waals surface area contributed by atoms with Gasteiger partial charge in [-0.3, -0.25) is 19.7 Å². The minimum Gasteiger partial charge on any atom is -0.467 e. The molecule has 0 aromatic heterocycles. The van der Waals surface area contributed by atoms with Crippen LogP contribution < -0.4 is 16.0 Å². The second-order valence-corrected chi connectivity index (χ2v) is 14.7. The third kappa shape index (κ3) is 14.1. The van der Waals surface area contributed by atoms with Gasteiger partial charge in [0.25, 0.3) is 0 Å². The van der Waals surface area contributed by atoms with Crippen LogP contribution in [0, 0.1) is 5.92 Å². The summed E-state index contributed by atoms with van der Waals surface area (Å²) in [6, 6.07) is 14.5. The standard InChI is InChI=1S/C32H45N4O11P/c1-20(2)25(34-28(38)44-19-21-14-11-10-12-15-21)48(41,42)47-24(26(37)43-9)22-16-13-17-23(18-22)33-27(35-29(39)45-31(3,4)5)36-30(40)46-32(6,7)8/h10-18,20,24-25H,19H2,1-9H3,(H,34,38)(H,41,42)(H2,33,35,36,39,40). The van der Waals surface area contributed by atoms with Crippen molar-refractivity contribution in [2.75, 3.05) is 7.11 Å². The van der Waals surface area contributed by atoms with E-state index in [9.17, 15) is 28.6 Å². The summed E-state index contributed by atoms with van der Waals surface area (Å²) in [4.78, 5) is 65.8. The Bertz CT molecular complexity index is 1470. The van der Waals surface area contributed by atoms with Crippen molar-refractivity contribution in [3.63, 3.8) is 0 Å². The van der Waals surface area contributed by atoms with E-state index >= 15 is 0 Å². The minimum atomic E-state index is -4.81. The van der Waals surface area contributed by atoms with Crippen molar-refractivity contribution in [2.24, 2.45) is 10.9 Å². The number of methoxy groups -OCH3 is 1. The second-order valence-electron chi connectivity index (χ2n) is 12.8. The summed E-state index contributed by atoms with van der Waals surface area (Å²) >= 11 is 0. The summed E-state index contributed by atoms with van der Waals surface area (Å²) in [6.45, 7) is 13.0. The Kier molecular flexibility index (Phi) is 14.1. The van der Waals surface area contributed by atoms with E-state index in [1.165, 1.54) is 24.3 Å². The Morgan fingerprint density at radius 1 is 0.854 bits per heavy atom. The number of nitrogens with zero attached hydrogens (tertiary/aromatic N) is 1. The number of aliphatic imine (C=N–C) groups is 1. The summed E-state index contributed by atoms with van der Waals surface area (Å²) in [5, 5.41) is 7.06. The molecule has 15 nitrogen and oxygen atoms in total. The number of ether oxygens (including phenoxy) is 4. The molecule has 0 aliphatic carbocycles. The molecule has 16 heteroatoms. The number of alkyl carbamates (subject to hydrolysis) is 3. The summed E-state index contributed by atoms with van der Waals surface area (Å²) in [5.74, 6) is -3.52. The molecular weight excluding hydrogens is 647 g/mol. The average molecular weight is 693 g/mol. The molecule has 0 spiro atoms. The number of amides is 3. The normalized spacial score (nSPS) is 14.0. The SMILES string of the molecule is COC(=O)C(OP(=O)(O)C(NC(=O)OCc1ccccc1)C(C)C)c1cccc(N=C(NC(=O)OC(C)(C)C)NC(=O)OC(C)(C)C)c1. The molecule has 0 fully saturated rings. The molecule has 2 aromatic carbocycles. The average Bonchev–Trinajstić information content (AvgIpc) is 2.95. The molecule has 0 aliphatic rings. The van der Waals surface area contributed by atoms with Crippen LogP contribution in [0.4, 0.5) is 20.1 Å². The number of hydrogen-bond acceptors (Lipinski definition) is 11. The maximum Gasteiger partial charge on any atom is 0.414 e. The molecule has 3 unspecified atom stereocenters. The van der Waals surface area contributed by atoms with Gasteiger partial charge in [0.1, 0.15) is 23.6 Å². The van der Waals surface area contributed by atoms with Gasteiger partial charge in [0, 0.05) is 0 Å². The molecule has 2 aromatic rings. The highest BCUT2D eigenvalue weighted by atomic mass is 31.2. The van der Waals surface area contributed by atoms with E-state index in [1.807, 2.05) is 0 Å². The Balaban J connectivity index is 2.38. The highest BCUT2D eigenvalue weighted by molar-refractivity contribution is 7.53. The first-order valence-electron chi connectivity index (χ1n) is 14.9. The van der Waals surface area contributed by atoms with E-state index in [-0.39, 0.29) is 23.8 Å². The molecule has 3 amide bonds. The molecule has 0 heterocycles. The smallest absolute Gasteiger partial charge is 0.414 e. The maximum absolute atomic E-state index is 13.6. The molecule has 0 aliphatic heterocycles. The van der Waals surface area contributed by atoms with Crippen molar-refractivity contribution in [2.45, 2.75) is 85.1 Å². The zero-order valence-corrected chi connectivity index (χ0v) is 29.5. The lowest BCUT2D eigenvalue weighted by atomic mass is 10.1. The third-order valence-electron chi connectivity index (χ3n) is 5.79. The molecule has 2 rings (SSSR count). The van der Waals surface area contributed by atoms with Gasteiger partial charge in [-0.15, -0.1) is 0 Å². The van der Waals surface area contributed by atoms with E-state index < -0.39 is 60.9 Å². The molecule has 3 atom stereocenters. The highest BCUT2D eigenvalue weighted by Crippen LogP contribution is 2.53. The van der Waals surface area contributed by atoms with Crippen LogP contribution >= 0.6 is 7.60 Å². The Morgan fingerprint density at radius 3 is 1.92 bits per heavy atom. The fourth-order valence-electron chi connectivity index (χ4n) is 3.85. The summed E-state index contributed by atoms with van der Waals surface area (Å²) < 4.78 is 39.7. The number of benzene rings is 2. The summed E-state index contributed by atoms with van der Waals surface area (Å²) in [6.07, 6.45) is -4.59. The van der Waals surface area contributed by atoms with Crippen LogP contribution in [0.1, 0.15) is 72.6 Å². The van der Waals surface area contributed by atoms with Crippen molar-refractivity contribution in [3.8, 4) is 0 Å². The molecule has 0 radical (unpaired) electrons. The first kappa shape index (κ1) is 39.7. The monoisotopic (exact) mass is 692 g/mol. The van der Waals surface area contributed by atoms with Gasteiger partial charge in [0.05, 0.1) is 12.8 Å². The Labute approximate surface area is 280 Å². The first-order valence-corrected chi connectivity index (χ1v) is 16.6. The minimum absolute atomic E-state index is 0.0282. The topological polar surface area (TPSA) is 200 Å². The van der Waals surface area contributed by atoms with Gasteiger partial charge in [-0.2, -0.15) is 0 Å². The van der Waals surface area contributed by atoms with Gasteiger partial charge in [0.2, 0.25) is 5.96 Å². The van der Waals surface area contributed by atoms with Crippen molar-refractivity contribution in [3.05, 3.63) is 65.7 Å². The lowest BCUT2D eigenvalue weighted by Crippen LogP contribution is -2.47. The van der Waals surface area contributed by atoms with Crippen LogP contribution in [0.5, 0.6) is 0 Å². The van der Waals surface area contributed by atoms with E-state index in [0.29, 0.717) is 5.56 Å². The van der Waals surface area contributed by atoms with E-state index in [2.05, 4.69) is 20.9 Å². The molecule has 4 N–H and O–H groups in total. The zero-order chi connectivity index (χ0) is 36.3. The lowest BCUT2D eigenvalue weighted by molar-refractivity contribution is -0.149. The van der Waals surface area contributed by atoms with E-state index in [1.54, 1.807) is 85.7 Å². The van der Waals surface area contributed by atoms with Gasteiger partial charge in [-0.1, -0.05) is 56.3 Å². The van der Waals surface area contributed by atoms with Crippen molar-refractivity contribution in [1.82, 2.24) is 16.0 Å². The van der Waals surface area contributed by atoms with Crippen LogP contribution in [-0.4, -0.2) is 59.2 Å². The Hall–Kier alpha value is -4.46. The second kappa shape index (κ2) is 17.1. The molecule has 0 saturated carbocycles. The van der Waals surface area contributed by atoms with Gasteiger partial charge in [-0.25, -0.2) is 24.2 Å². The zero-order valence-electron chi connectivity index (χ0n) is 28.6. The van der Waals surface area contributed by atoms with Gasteiger partial charge in [-0.05, 0) is 70.7 Å². The van der Waals surface area contributed by atoms with Crippen LogP contribution in [0.25, 0.3) is 0 Å². The van der Waals surface area contributed by atoms with Gasteiger partial charge < -0.3 is 29.2 Å². The molecule has 0 saturated heterocycles. The molecular formula is C32H45N4O11P. The number of carbonyl (C=O) groups is 4. The van der Waals surface area contributed by atoms with E-state index in [0.717, 1.165) is 7.11 Å². The highest BCUT2D eigenvalue weighted by Gasteiger charge is 2.41. The van der Waals surface area contributed by atoms with E-state index in [4.69, 9.17) is 23.5 Å². The molecule has 48 heavy (non-hydrogen) atoms. The maximum atomic E-state index is 13.6. The van der Waals surface area contributed by atoms with Crippen molar-refractivity contribution < 1.29 is 52.1 Å². The van der Waals surface area contributed by atoms with Gasteiger partial charge in [0.15, 0.2) is 6.10 Å². The number of carbonyl (C=O) groups excluding carboxylic acids is 4. The number of nitrogens with one attached hydrogen (secondary N) is 3. The third-order valence-corrected chi connectivity index (χ3v) is 7.73. The molecule has 0 bridgehead atoms. The lowest BCUT2D eigenvalue weighted by Gasteiger charge is -2.28. The summed E-state index contributed by atoms with van der Waals surface area (Å²) in [5.41, 5.74) is -0.934. The predicted octanol–water partition coefficient (Wildman–Crippen LogP) is 6.05. The number of hydrogen-bond donors (Lipinski definition) is 4. The molecule has 264 valence electrons. The van der Waals surface area contributed by atoms with Crippen LogP contribution in [-0.2, 0) is 39.4 Å². The predicted molar refractivity (Wildman–Crippen MR) is 176 cm³/mol. The van der Waals surface area contributed by atoms with Gasteiger partial charge >= 0.3 is 31.8 Å². The van der Waals surface area contributed by atoms with Crippen LogP contribution in [0.3, 0.4) is 0 Å². The fraction of sp³-hybridized carbons (Fsp3) is 0.469. The van der Waals surface area contributed by atoms with Crippen molar-refractivity contribution >= 4 is 43.5 Å². The number of guanidine groups is 1. The summed E-state index contributed by atoms with van der Waals surface area (Å²) in [7, 11) is -3.75. The largest absolute Gasteiger partial charge is 0.467 e. The Morgan fingerprint density at radius 2 is 1.42 bits per heavy atom. The first-order chi connectivity index (χ1) is 22.2. The number of esters is 1. The quantitative estimate of drug-likeness (QED) is 0.0743.